The molecule has 0 spiro atoms. The Balaban J connectivity index is 0.00000242. The maximum Gasteiger partial charge on any atom is 0.241 e. The number of tetrazole rings is 1. The minimum absolute atomic E-state index is 0. The van der Waals surface area contributed by atoms with Crippen LogP contribution in [0.15, 0.2) is 24.3 Å². The van der Waals surface area contributed by atoms with Crippen molar-refractivity contribution in [3.63, 3.8) is 0 Å². The van der Waals surface area contributed by atoms with Crippen molar-refractivity contribution >= 4 is 24.0 Å². The monoisotopic (exact) mass is 324 g/mol. The number of hydrogen-bond donors (Lipinski definition) is 2. The highest BCUT2D eigenvalue weighted by atomic mass is 35.5. The van der Waals surface area contributed by atoms with Gasteiger partial charge in [-0.2, -0.15) is 0 Å². The van der Waals surface area contributed by atoms with Crippen molar-refractivity contribution in [2.75, 3.05) is 5.32 Å². The van der Waals surface area contributed by atoms with Crippen molar-refractivity contribution in [2.24, 2.45) is 18.7 Å². The standard InChI is InChI=1S/C14H20N6O.ClH/c1-4-9(2)12(15)14(21)16-11-7-5-6-10(8-11)13-17-18-19-20(13)3;/h5-9,12H,4,15H2,1-3H3,(H,16,21);1H. The molecule has 1 amide bonds. The Morgan fingerprint density at radius 2 is 2.18 bits per heavy atom. The number of carbonyl (C=O) groups is 1. The molecule has 0 fully saturated rings. The van der Waals surface area contributed by atoms with Crippen LogP contribution in [-0.4, -0.2) is 32.2 Å². The van der Waals surface area contributed by atoms with Crippen LogP contribution in [-0.2, 0) is 11.8 Å². The lowest BCUT2D eigenvalue weighted by molar-refractivity contribution is -0.118. The molecule has 3 N–H and O–H groups in total. The zero-order valence-electron chi connectivity index (χ0n) is 12.9. The third kappa shape index (κ3) is 4.02. The van der Waals surface area contributed by atoms with E-state index in [-0.39, 0.29) is 24.2 Å². The van der Waals surface area contributed by atoms with Crippen molar-refractivity contribution in [2.45, 2.75) is 26.3 Å². The van der Waals surface area contributed by atoms with Crippen molar-refractivity contribution in [3.8, 4) is 11.4 Å². The van der Waals surface area contributed by atoms with E-state index in [1.807, 2.05) is 38.1 Å². The number of carbonyl (C=O) groups excluding carboxylic acids is 1. The third-order valence-corrected chi connectivity index (χ3v) is 3.57. The van der Waals surface area contributed by atoms with Gasteiger partial charge in [-0.15, -0.1) is 17.5 Å². The summed E-state index contributed by atoms with van der Waals surface area (Å²) in [7, 11) is 1.76. The number of halogens is 1. The van der Waals surface area contributed by atoms with Gasteiger partial charge < -0.3 is 11.1 Å². The van der Waals surface area contributed by atoms with Gasteiger partial charge in [-0.3, -0.25) is 4.79 Å². The van der Waals surface area contributed by atoms with Gasteiger partial charge in [-0.05, 0) is 28.5 Å². The molecule has 120 valence electrons. The Bertz CT molecular complexity index is 629. The number of benzene rings is 1. The molecule has 1 aromatic carbocycles. The van der Waals surface area contributed by atoms with E-state index < -0.39 is 6.04 Å². The Hall–Kier alpha value is -1.99. The summed E-state index contributed by atoms with van der Waals surface area (Å²) in [5, 5.41) is 14.2. The van der Waals surface area contributed by atoms with E-state index >= 15 is 0 Å². The summed E-state index contributed by atoms with van der Waals surface area (Å²) in [5.74, 6) is 0.589. The van der Waals surface area contributed by atoms with Crippen molar-refractivity contribution in [3.05, 3.63) is 24.3 Å². The van der Waals surface area contributed by atoms with Gasteiger partial charge in [0, 0.05) is 18.3 Å². The number of nitrogens with one attached hydrogen (secondary N) is 1. The predicted molar refractivity (Wildman–Crippen MR) is 87.5 cm³/mol. The SMILES string of the molecule is CCC(C)C(N)C(=O)Nc1cccc(-c2nnnn2C)c1.Cl. The highest BCUT2D eigenvalue weighted by molar-refractivity contribution is 5.95. The summed E-state index contributed by atoms with van der Waals surface area (Å²) in [4.78, 5) is 12.1. The molecule has 22 heavy (non-hydrogen) atoms. The lowest BCUT2D eigenvalue weighted by Gasteiger charge is -2.17. The first-order valence-electron chi connectivity index (χ1n) is 6.92. The molecule has 0 aliphatic rings. The highest BCUT2D eigenvalue weighted by Crippen LogP contribution is 2.20. The van der Waals surface area contributed by atoms with Crippen LogP contribution in [0, 0.1) is 5.92 Å². The molecule has 0 aliphatic carbocycles. The van der Waals surface area contributed by atoms with E-state index in [1.165, 1.54) is 0 Å². The maximum atomic E-state index is 12.1. The molecule has 0 radical (unpaired) electrons. The summed E-state index contributed by atoms with van der Waals surface area (Å²) in [5.41, 5.74) is 7.44. The van der Waals surface area contributed by atoms with E-state index in [1.54, 1.807) is 11.7 Å². The molecule has 2 rings (SSSR count). The van der Waals surface area contributed by atoms with Crippen molar-refractivity contribution in [1.29, 1.82) is 0 Å². The van der Waals surface area contributed by atoms with E-state index in [0.717, 1.165) is 12.0 Å². The number of nitrogens with two attached hydrogens (primary N) is 1. The lowest BCUT2D eigenvalue weighted by atomic mass is 9.99. The van der Waals surface area contributed by atoms with Crippen LogP contribution in [0.3, 0.4) is 0 Å². The van der Waals surface area contributed by atoms with Gasteiger partial charge in [-0.1, -0.05) is 32.4 Å². The molecular formula is C14H21ClN6O. The van der Waals surface area contributed by atoms with Gasteiger partial charge in [0.1, 0.15) is 0 Å². The number of anilines is 1. The fourth-order valence-corrected chi connectivity index (χ4v) is 1.95. The third-order valence-electron chi connectivity index (χ3n) is 3.57. The summed E-state index contributed by atoms with van der Waals surface area (Å²) in [6.45, 7) is 3.98. The van der Waals surface area contributed by atoms with Crippen LogP contribution in [0.25, 0.3) is 11.4 Å². The molecule has 2 aromatic rings. The normalized spacial score (nSPS) is 13.1. The smallest absolute Gasteiger partial charge is 0.241 e. The average Bonchev–Trinajstić information content (AvgIpc) is 2.92. The molecule has 1 heterocycles. The molecule has 2 atom stereocenters. The van der Waals surface area contributed by atoms with Gasteiger partial charge in [0.15, 0.2) is 5.82 Å². The highest BCUT2D eigenvalue weighted by Gasteiger charge is 2.19. The zero-order valence-corrected chi connectivity index (χ0v) is 13.7. The fourth-order valence-electron chi connectivity index (χ4n) is 1.95. The molecule has 0 aliphatic heterocycles. The van der Waals surface area contributed by atoms with Crippen LogP contribution in [0.2, 0.25) is 0 Å². The number of nitrogens with zero attached hydrogens (tertiary/aromatic N) is 4. The first kappa shape index (κ1) is 18.1. The largest absolute Gasteiger partial charge is 0.325 e. The molecule has 2 unspecified atom stereocenters. The second kappa shape index (κ2) is 7.86. The van der Waals surface area contributed by atoms with Gasteiger partial charge in [0.2, 0.25) is 5.91 Å². The Labute approximate surface area is 135 Å². The van der Waals surface area contributed by atoms with Crippen LogP contribution >= 0.6 is 12.4 Å². The molecule has 0 saturated heterocycles. The summed E-state index contributed by atoms with van der Waals surface area (Å²) < 4.78 is 1.58. The summed E-state index contributed by atoms with van der Waals surface area (Å²) in [6.07, 6.45) is 0.860. The van der Waals surface area contributed by atoms with E-state index in [0.29, 0.717) is 11.5 Å². The number of aryl methyl sites for hydroxylation is 1. The lowest BCUT2D eigenvalue weighted by Crippen LogP contribution is -2.40. The zero-order chi connectivity index (χ0) is 15.4. The van der Waals surface area contributed by atoms with Gasteiger partial charge >= 0.3 is 0 Å². The Kier molecular flexibility index (Phi) is 6.45. The minimum atomic E-state index is -0.518. The van der Waals surface area contributed by atoms with Gasteiger partial charge in [-0.25, -0.2) is 4.68 Å². The number of rotatable bonds is 5. The van der Waals surface area contributed by atoms with Crippen molar-refractivity contribution < 1.29 is 4.79 Å². The van der Waals surface area contributed by atoms with Gasteiger partial charge in [0.25, 0.3) is 0 Å². The second-order valence-corrected chi connectivity index (χ2v) is 5.11. The fraction of sp³-hybridized carbons (Fsp3) is 0.429. The molecule has 1 aromatic heterocycles. The molecule has 7 nitrogen and oxygen atoms in total. The average molecular weight is 325 g/mol. The first-order valence-corrected chi connectivity index (χ1v) is 6.92. The molecule has 0 saturated carbocycles. The van der Waals surface area contributed by atoms with Gasteiger partial charge in [0.05, 0.1) is 6.04 Å². The predicted octanol–water partition coefficient (Wildman–Crippen LogP) is 1.61. The Morgan fingerprint density at radius 1 is 1.45 bits per heavy atom. The van der Waals surface area contributed by atoms with Crippen LogP contribution < -0.4 is 11.1 Å². The molecule has 0 bridgehead atoms. The van der Waals surface area contributed by atoms with Crippen LogP contribution in [0.1, 0.15) is 20.3 Å². The quantitative estimate of drug-likeness (QED) is 0.870. The molecular weight excluding hydrogens is 304 g/mol. The van der Waals surface area contributed by atoms with Crippen LogP contribution in [0.4, 0.5) is 5.69 Å². The van der Waals surface area contributed by atoms with E-state index in [9.17, 15) is 4.79 Å². The first-order chi connectivity index (χ1) is 10.0. The number of hydrogen-bond acceptors (Lipinski definition) is 5. The van der Waals surface area contributed by atoms with E-state index in [2.05, 4.69) is 20.8 Å². The number of aromatic nitrogens is 4. The van der Waals surface area contributed by atoms with E-state index in [4.69, 9.17) is 5.73 Å². The second-order valence-electron chi connectivity index (χ2n) is 5.11. The topological polar surface area (TPSA) is 98.7 Å². The minimum Gasteiger partial charge on any atom is -0.325 e. The van der Waals surface area contributed by atoms with Crippen molar-refractivity contribution in [1.82, 2.24) is 20.2 Å². The summed E-state index contributed by atoms with van der Waals surface area (Å²) in [6, 6.07) is 6.85. The molecule has 8 heteroatoms. The summed E-state index contributed by atoms with van der Waals surface area (Å²) >= 11 is 0. The number of amides is 1. The van der Waals surface area contributed by atoms with Crippen LogP contribution in [0.5, 0.6) is 0 Å². The Morgan fingerprint density at radius 3 is 2.77 bits per heavy atom. The maximum absolute atomic E-state index is 12.1.